The molecule has 2 heterocycles. The van der Waals surface area contributed by atoms with Crippen LogP contribution in [0.1, 0.15) is 46.7 Å². The van der Waals surface area contributed by atoms with Crippen LogP contribution in [0.5, 0.6) is 11.8 Å². The van der Waals surface area contributed by atoms with Gasteiger partial charge in [0.15, 0.2) is 0 Å². The lowest BCUT2D eigenvalue weighted by molar-refractivity contribution is 0.0857. The van der Waals surface area contributed by atoms with Gasteiger partial charge in [0.25, 0.3) is 11.8 Å². The Morgan fingerprint density at radius 3 is 1.64 bits per heavy atom. The maximum absolute atomic E-state index is 12.6. The Hall–Kier alpha value is -3.16. The second kappa shape index (κ2) is 9.16. The van der Waals surface area contributed by atoms with E-state index in [1.807, 2.05) is 0 Å². The fourth-order valence-corrected chi connectivity index (χ4v) is 3.27. The number of carbonyl (C=O) groups excluding carboxylic acids is 2. The van der Waals surface area contributed by atoms with E-state index in [1.54, 1.807) is 36.4 Å². The van der Waals surface area contributed by atoms with Crippen molar-refractivity contribution in [2.24, 2.45) is 0 Å². The van der Waals surface area contributed by atoms with E-state index in [2.05, 4.69) is 20.6 Å². The number of nitrogens with zero attached hydrogens (tertiary/aromatic N) is 2. The third-order valence-corrected chi connectivity index (χ3v) is 4.73. The lowest BCUT2D eigenvalue weighted by Crippen LogP contribution is -2.53. The van der Waals surface area contributed by atoms with Gasteiger partial charge in [-0.3, -0.25) is 9.59 Å². The second-order valence-corrected chi connectivity index (χ2v) is 6.57. The molecular weight excluding hydrogens is 360 g/mol. The quantitative estimate of drug-likeness (QED) is 0.789. The molecule has 1 aliphatic carbocycles. The van der Waals surface area contributed by atoms with Crippen LogP contribution in [0, 0.1) is 0 Å². The molecule has 148 valence electrons. The van der Waals surface area contributed by atoms with E-state index in [9.17, 15) is 9.59 Å². The summed E-state index contributed by atoms with van der Waals surface area (Å²) >= 11 is 0. The molecular formula is C20H24N4O4. The van der Waals surface area contributed by atoms with Crippen molar-refractivity contribution >= 4 is 11.8 Å². The Kier molecular flexibility index (Phi) is 6.41. The summed E-state index contributed by atoms with van der Waals surface area (Å²) in [5.74, 6) is 0.185. The number of aromatic nitrogens is 2. The first kappa shape index (κ1) is 19.6. The smallest absolute Gasteiger partial charge is 0.270 e. The van der Waals surface area contributed by atoms with E-state index in [-0.39, 0.29) is 35.3 Å². The minimum Gasteiger partial charge on any atom is -0.481 e. The van der Waals surface area contributed by atoms with Crippen molar-refractivity contribution in [1.29, 1.82) is 0 Å². The van der Waals surface area contributed by atoms with Crippen LogP contribution in [0.2, 0.25) is 0 Å². The molecule has 0 saturated heterocycles. The van der Waals surface area contributed by atoms with E-state index in [1.165, 1.54) is 14.2 Å². The Morgan fingerprint density at radius 2 is 1.25 bits per heavy atom. The van der Waals surface area contributed by atoms with Gasteiger partial charge in [-0.05, 0) is 25.0 Å². The summed E-state index contributed by atoms with van der Waals surface area (Å²) in [5, 5.41) is 6.00. The van der Waals surface area contributed by atoms with Crippen molar-refractivity contribution in [3.8, 4) is 11.8 Å². The Morgan fingerprint density at radius 1 is 0.821 bits per heavy atom. The first-order valence-electron chi connectivity index (χ1n) is 9.24. The highest BCUT2D eigenvalue weighted by atomic mass is 16.5. The number of nitrogens with one attached hydrogen (secondary N) is 2. The van der Waals surface area contributed by atoms with Gasteiger partial charge in [-0.1, -0.05) is 25.0 Å². The van der Waals surface area contributed by atoms with Crippen molar-refractivity contribution in [3.63, 3.8) is 0 Å². The van der Waals surface area contributed by atoms with Crippen molar-refractivity contribution in [2.75, 3.05) is 14.2 Å². The first-order chi connectivity index (χ1) is 13.6. The minimum absolute atomic E-state index is 0.177. The number of hydrogen-bond acceptors (Lipinski definition) is 6. The lowest BCUT2D eigenvalue weighted by Gasteiger charge is -2.32. The van der Waals surface area contributed by atoms with Gasteiger partial charge in [-0.2, -0.15) is 0 Å². The SMILES string of the molecule is COc1cccc(C(=O)N[C@H]2CCCC[C@@H]2NC(=O)c2cccc(OC)n2)n1. The van der Waals surface area contributed by atoms with Crippen LogP contribution >= 0.6 is 0 Å². The lowest BCUT2D eigenvalue weighted by atomic mass is 9.90. The monoisotopic (exact) mass is 384 g/mol. The predicted molar refractivity (Wildman–Crippen MR) is 103 cm³/mol. The van der Waals surface area contributed by atoms with Gasteiger partial charge >= 0.3 is 0 Å². The summed E-state index contributed by atoms with van der Waals surface area (Å²) in [6.07, 6.45) is 3.54. The van der Waals surface area contributed by atoms with Gasteiger partial charge < -0.3 is 20.1 Å². The number of rotatable bonds is 6. The summed E-state index contributed by atoms with van der Waals surface area (Å²) in [4.78, 5) is 33.5. The molecule has 0 unspecified atom stereocenters. The Bertz CT molecular complexity index is 773. The number of hydrogen-bond donors (Lipinski definition) is 2. The van der Waals surface area contributed by atoms with E-state index in [0.29, 0.717) is 11.8 Å². The van der Waals surface area contributed by atoms with E-state index in [0.717, 1.165) is 25.7 Å². The van der Waals surface area contributed by atoms with Crippen LogP contribution in [0.25, 0.3) is 0 Å². The molecule has 28 heavy (non-hydrogen) atoms. The molecule has 0 spiro atoms. The maximum atomic E-state index is 12.6. The largest absolute Gasteiger partial charge is 0.481 e. The molecule has 8 nitrogen and oxygen atoms in total. The fraction of sp³-hybridized carbons (Fsp3) is 0.400. The van der Waals surface area contributed by atoms with Crippen molar-refractivity contribution < 1.29 is 19.1 Å². The molecule has 2 N–H and O–H groups in total. The van der Waals surface area contributed by atoms with E-state index >= 15 is 0 Å². The first-order valence-corrected chi connectivity index (χ1v) is 9.24. The molecule has 1 aliphatic rings. The third-order valence-electron chi connectivity index (χ3n) is 4.73. The average molecular weight is 384 g/mol. The number of ether oxygens (including phenoxy) is 2. The van der Waals surface area contributed by atoms with Crippen LogP contribution < -0.4 is 20.1 Å². The summed E-state index contributed by atoms with van der Waals surface area (Å²) in [6, 6.07) is 9.71. The molecule has 0 aromatic carbocycles. The van der Waals surface area contributed by atoms with Crippen LogP contribution in [0.4, 0.5) is 0 Å². The van der Waals surface area contributed by atoms with Gasteiger partial charge in [0.2, 0.25) is 11.8 Å². The van der Waals surface area contributed by atoms with Crippen molar-refractivity contribution in [3.05, 3.63) is 47.8 Å². The van der Waals surface area contributed by atoms with Crippen molar-refractivity contribution in [1.82, 2.24) is 20.6 Å². The summed E-state index contributed by atoms with van der Waals surface area (Å²) in [6.45, 7) is 0. The average Bonchev–Trinajstić information content (AvgIpc) is 2.75. The number of methoxy groups -OCH3 is 2. The highest BCUT2D eigenvalue weighted by Gasteiger charge is 2.29. The van der Waals surface area contributed by atoms with Crippen LogP contribution in [-0.2, 0) is 0 Å². The molecule has 1 saturated carbocycles. The molecule has 2 atom stereocenters. The molecule has 0 aliphatic heterocycles. The molecule has 0 bridgehead atoms. The predicted octanol–water partition coefficient (Wildman–Crippen LogP) is 1.96. The molecule has 3 rings (SSSR count). The molecule has 2 aromatic heterocycles. The normalized spacial score (nSPS) is 18.8. The van der Waals surface area contributed by atoms with Gasteiger partial charge in [-0.25, -0.2) is 9.97 Å². The molecule has 2 amide bonds. The van der Waals surface area contributed by atoms with Crippen LogP contribution in [0.3, 0.4) is 0 Å². The number of amides is 2. The minimum atomic E-state index is -0.287. The van der Waals surface area contributed by atoms with Gasteiger partial charge in [0, 0.05) is 24.2 Å². The molecule has 1 fully saturated rings. The van der Waals surface area contributed by atoms with Gasteiger partial charge in [0.05, 0.1) is 14.2 Å². The topological polar surface area (TPSA) is 102 Å². The molecule has 8 heteroatoms. The summed E-state index contributed by atoms with van der Waals surface area (Å²) < 4.78 is 10.1. The molecule has 2 aromatic rings. The summed E-state index contributed by atoms with van der Waals surface area (Å²) in [5.41, 5.74) is 0.564. The summed E-state index contributed by atoms with van der Waals surface area (Å²) in [7, 11) is 3.01. The highest BCUT2D eigenvalue weighted by Crippen LogP contribution is 2.20. The molecule has 0 radical (unpaired) electrons. The zero-order valence-electron chi connectivity index (χ0n) is 16.0. The number of pyridine rings is 2. The van der Waals surface area contributed by atoms with Gasteiger partial charge in [-0.15, -0.1) is 0 Å². The maximum Gasteiger partial charge on any atom is 0.270 e. The Labute approximate surface area is 163 Å². The highest BCUT2D eigenvalue weighted by molar-refractivity contribution is 5.94. The van der Waals surface area contributed by atoms with Gasteiger partial charge in [0.1, 0.15) is 11.4 Å². The third kappa shape index (κ3) is 4.76. The van der Waals surface area contributed by atoms with Crippen LogP contribution in [-0.4, -0.2) is 48.1 Å². The Balaban J connectivity index is 1.67. The fourth-order valence-electron chi connectivity index (χ4n) is 3.27. The number of carbonyl (C=O) groups is 2. The van der Waals surface area contributed by atoms with E-state index in [4.69, 9.17) is 9.47 Å². The second-order valence-electron chi connectivity index (χ2n) is 6.57. The van der Waals surface area contributed by atoms with Crippen molar-refractivity contribution in [2.45, 2.75) is 37.8 Å². The van der Waals surface area contributed by atoms with E-state index < -0.39 is 0 Å². The zero-order chi connectivity index (χ0) is 19.9. The standard InChI is InChI=1S/C20H24N4O4/c1-27-17-11-5-9-15(21-17)19(25)23-13-7-3-4-8-14(13)24-20(26)16-10-6-12-18(22-16)28-2/h5-6,9-14H,3-4,7-8H2,1-2H3,(H,23,25)(H,24,26)/t13-,14-/m0/s1. The van der Waals surface area contributed by atoms with Crippen LogP contribution in [0.15, 0.2) is 36.4 Å². The zero-order valence-corrected chi connectivity index (χ0v) is 16.0.